The van der Waals surface area contributed by atoms with Gasteiger partial charge < -0.3 is 0 Å². The Kier molecular flexibility index (Phi) is 2.65. The van der Waals surface area contributed by atoms with Crippen molar-refractivity contribution in [3.8, 4) is 0 Å². The molecule has 0 saturated heterocycles. The topological polar surface area (TPSA) is 0 Å². The Morgan fingerprint density at radius 1 is 1.00 bits per heavy atom. The van der Waals surface area contributed by atoms with E-state index in [1.54, 1.807) is 20.8 Å². The van der Waals surface area contributed by atoms with Crippen LogP contribution >= 0.6 is 0 Å². The van der Waals surface area contributed by atoms with Gasteiger partial charge in [0.1, 0.15) is 0 Å². The van der Waals surface area contributed by atoms with E-state index in [1.807, 2.05) is 0 Å². The molecule has 0 radical (unpaired) electrons. The lowest BCUT2D eigenvalue weighted by Gasteiger charge is -2.41. The molecule has 0 N–H and O–H groups in total. The first-order chi connectivity index (χ1) is 5.75. The van der Waals surface area contributed by atoms with Crippen molar-refractivity contribution in [3.05, 3.63) is 0 Å². The quantitative estimate of drug-likeness (QED) is 0.589. The van der Waals surface area contributed by atoms with Crippen LogP contribution < -0.4 is 0 Å². The maximum atomic E-state index is 12.7. The van der Waals surface area contributed by atoms with E-state index in [-0.39, 0.29) is 0 Å². The van der Waals surface area contributed by atoms with Gasteiger partial charge in [0.2, 0.25) is 0 Å². The standard InChI is InChI=1S/C10H19F3/c1-7(8(2,3)4)9(5,6)10(11,12)13/h7H,1-6H3/i7D. The molecule has 0 aliphatic heterocycles. The second-order valence-corrected chi connectivity index (χ2v) is 5.00. The second kappa shape index (κ2) is 3.18. The molecule has 80 valence electrons. The average Bonchev–Trinajstić information content (AvgIpc) is 1.81. The van der Waals surface area contributed by atoms with Crippen LogP contribution in [0.4, 0.5) is 13.2 Å². The van der Waals surface area contributed by atoms with Crippen LogP contribution in [0, 0.1) is 16.7 Å². The summed E-state index contributed by atoms with van der Waals surface area (Å²) in [5, 5.41) is 0. The predicted octanol–water partition coefficient (Wildman–Crippen LogP) is 4.26. The van der Waals surface area contributed by atoms with Crippen molar-refractivity contribution in [1.82, 2.24) is 0 Å². The van der Waals surface area contributed by atoms with Crippen LogP contribution in [0.1, 0.15) is 42.9 Å². The molecule has 0 heterocycles. The van der Waals surface area contributed by atoms with Crippen LogP contribution in [0.2, 0.25) is 0 Å². The van der Waals surface area contributed by atoms with Gasteiger partial charge in [0.05, 0.1) is 5.41 Å². The first-order valence-corrected chi connectivity index (χ1v) is 4.32. The van der Waals surface area contributed by atoms with Gasteiger partial charge in [0.15, 0.2) is 0 Å². The Morgan fingerprint density at radius 3 is 1.38 bits per heavy atom. The number of rotatable bonds is 1. The number of alkyl halides is 3. The van der Waals surface area contributed by atoms with Gasteiger partial charge in [-0.1, -0.05) is 41.5 Å². The third-order valence-electron chi connectivity index (χ3n) is 2.77. The lowest BCUT2D eigenvalue weighted by atomic mass is 9.66. The van der Waals surface area contributed by atoms with Crippen molar-refractivity contribution in [2.75, 3.05) is 0 Å². The summed E-state index contributed by atoms with van der Waals surface area (Å²) < 4.78 is 46.1. The minimum atomic E-state index is -4.35. The van der Waals surface area contributed by atoms with E-state index < -0.39 is 22.9 Å². The van der Waals surface area contributed by atoms with E-state index in [9.17, 15) is 13.2 Å². The van der Waals surface area contributed by atoms with Crippen molar-refractivity contribution < 1.29 is 14.5 Å². The average molecular weight is 197 g/mol. The summed E-state index contributed by atoms with van der Waals surface area (Å²) in [4.78, 5) is 0. The van der Waals surface area contributed by atoms with Crippen molar-refractivity contribution in [1.29, 1.82) is 0 Å². The minimum Gasteiger partial charge on any atom is -0.171 e. The fraction of sp³-hybridized carbons (Fsp3) is 1.00. The van der Waals surface area contributed by atoms with E-state index in [0.717, 1.165) is 13.8 Å². The molecule has 0 nitrogen and oxygen atoms in total. The molecule has 0 aromatic heterocycles. The zero-order chi connectivity index (χ0) is 12.0. The van der Waals surface area contributed by atoms with Crippen molar-refractivity contribution in [2.24, 2.45) is 16.7 Å². The zero-order valence-electron chi connectivity index (χ0n) is 10.1. The van der Waals surface area contributed by atoms with Crippen LogP contribution in [0.5, 0.6) is 0 Å². The first kappa shape index (κ1) is 10.9. The minimum absolute atomic E-state index is 0.716. The lowest BCUT2D eigenvalue weighted by Crippen LogP contribution is -2.43. The highest BCUT2D eigenvalue weighted by molar-refractivity contribution is 4.88. The Morgan fingerprint density at radius 2 is 1.31 bits per heavy atom. The van der Waals surface area contributed by atoms with E-state index >= 15 is 0 Å². The smallest absolute Gasteiger partial charge is 0.171 e. The summed E-state index contributed by atoms with van der Waals surface area (Å²) in [7, 11) is 0. The number of hydrogen-bond donors (Lipinski definition) is 0. The van der Waals surface area contributed by atoms with Gasteiger partial charge >= 0.3 is 6.18 Å². The summed E-state index contributed by atoms with van der Waals surface area (Å²) in [5.41, 5.74) is -2.73. The summed E-state index contributed by atoms with van der Waals surface area (Å²) in [6.07, 6.45) is -4.35. The van der Waals surface area contributed by atoms with Gasteiger partial charge in [-0.05, 0) is 11.3 Å². The zero-order valence-corrected chi connectivity index (χ0v) is 9.13. The van der Waals surface area contributed by atoms with E-state index in [0.29, 0.717) is 0 Å². The van der Waals surface area contributed by atoms with Crippen molar-refractivity contribution >= 4 is 0 Å². The first-order valence-electron chi connectivity index (χ1n) is 4.82. The van der Waals surface area contributed by atoms with E-state index in [1.165, 1.54) is 6.92 Å². The van der Waals surface area contributed by atoms with Gasteiger partial charge in [0.25, 0.3) is 0 Å². The lowest BCUT2D eigenvalue weighted by molar-refractivity contribution is -0.238. The molecular formula is C10H19F3. The Hall–Kier alpha value is -0.210. The van der Waals surface area contributed by atoms with Crippen LogP contribution in [0.15, 0.2) is 0 Å². The molecule has 13 heavy (non-hydrogen) atoms. The molecule has 0 spiro atoms. The number of hydrogen-bond acceptors (Lipinski definition) is 0. The molecule has 0 rings (SSSR count). The van der Waals surface area contributed by atoms with E-state index in [2.05, 4.69) is 0 Å². The van der Waals surface area contributed by atoms with Crippen molar-refractivity contribution in [3.63, 3.8) is 0 Å². The predicted molar refractivity (Wildman–Crippen MR) is 48.5 cm³/mol. The van der Waals surface area contributed by atoms with Crippen LogP contribution in [0.25, 0.3) is 0 Å². The molecule has 0 aromatic rings. The fourth-order valence-corrected chi connectivity index (χ4v) is 1.15. The molecule has 0 aromatic carbocycles. The maximum Gasteiger partial charge on any atom is 0.394 e. The molecule has 1 unspecified atom stereocenters. The molecule has 0 aliphatic carbocycles. The van der Waals surface area contributed by atoms with Crippen molar-refractivity contribution in [2.45, 2.75) is 47.7 Å². The molecular weight excluding hydrogens is 177 g/mol. The highest BCUT2D eigenvalue weighted by atomic mass is 19.4. The summed E-state index contributed by atoms with van der Waals surface area (Å²) in [6.45, 7) is 8.51. The molecule has 0 aliphatic rings. The van der Waals surface area contributed by atoms with Crippen LogP contribution in [-0.4, -0.2) is 6.18 Å². The molecule has 0 amide bonds. The molecule has 0 fully saturated rings. The fourth-order valence-electron chi connectivity index (χ4n) is 1.15. The third kappa shape index (κ3) is 2.61. The van der Waals surface area contributed by atoms with Gasteiger partial charge in [-0.25, -0.2) is 0 Å². The van der Waals surface area contributed by atoms with E-state index in [4.69, 9.17) is 1.37 Å². The number of halogens is 3. The molecule has 1 atom stereocenters. The van der Waals surface area contributed by atoms with Gasteiger partial charge in [0, 0.05) is 1.37 Å². The Balaban J connectivity index is 5.30. The highest BCUT2D eigenvalue weighted by Gasteiger charge is 2.53. The monoisotopic (exact) mass is 197 g/mol. The SMILES string of the molecule is [2H]C(C)(C(C)(C)C)C(C)(C)C(F)(F)F. The second-order valence-electron chi connectivity index (χ2n) is 5.00. The molecule has 0 bridgehead atoms. The molecule has 0 saturated carbocycles. The van der Waals surface area contributed by atoms with Gasteiger partial charge in [-0.2, -0.15) is 13.2 Å². The third-order valence-corrected chi connectivity index (χ3v) is 2.77. The summed E-state index contributed by atoms with van der Waals surface area (Å²) in [5.74, 6) is -1.56. The Bertz CT molecular complexity index is 184. The van der Waals surface area contributed by atoms with Crippen LogP contribution in [-0.2, 0) is 0 Å². The highest BCUT2D eigenvalue weighted by Crippen LogP contribution is 2.49. The van der Waals surface area contributed by atoms with Crippen LogP contribution in [0.3, 0.4) is 0 Å². The Labute approximate surface area is 79.9 Å². The normalized spacial score (nSPS) is 20.8. The maximum absolute atomic E-state index is 12.7. The van der Waals surface area contributed by atoms with Gasteiger partial charge in [-0.15, -0.1) is 0 Å². The molecule has 3 heteroatoms. The largest absolute Gasteiger partial charge is 0.394 e. The summed E-state index contributed by atoms with van der Waals surface area (Å²) >= 11 is 0. The summed E-state index contributed by atoms with van der Waals surface area (Å²) in [6, 6.07) is 0. The van der Waals surface area contributed by atoms with Gasteiger partial charge in [-0.3, -0.25) is 0 Å².